The van der Waals surface area contributed by atoms with E-state index in [4.69, 9.17) is 0 Å². The third-order valence-electron chi connectivity index (χ3n) is 3.32. The van der Waals surface area contributed by atoms with Crippen LogP contribution in [-0.2, 0) is 9.59 Å². The number of amides is 4. The molecule has 2 atom stereocenters. The summed E-state index contributed by atoms with van der Waals surface area (Å²) in [6, 6.07) is -0.703. The average Bonchev–Trinajstić information content (AvgIpc) is 2.38. The molecule has 19 heavy (non-hydrogen) atoms. The highest BCUT2D eigenvalue weighted by molar-refractivity contribution is 6.19. The molecule has 1 rings (SSSR count). The van der Waals surface area contributed by atoms with Crippen molar-refractivity contribution in [3.05, 3.63) is 12.7 Å². The first-order chi connectivity index (χ1) is 8.91. The minimum absolute atomic E-state index is 0.148. The summed E-state index contributed by atoms with van der Waals surface area (Å²) in [7, 11) is 1.35. The Hall–Kier alpha value is -2.09. The van der Waals surface area contributed by atoms with Crippen LogP contribution in [-0.4, -0.2) is 29.8 Å². The lowest BCUT2D eigenvalue weighted by Gasteiger charge is -2.39. The fourth-order valence-corrected chi connectivity index (χ4v) is 2.13. The molecule has 0 radical (unpaired) electrons. The third-order valence-corrected chi connectivity index (χ3v) is 3.32. The van der Waals surface area contributed by atoms with Gasteiger partial charge in [-0.25, -0.2) is 4.79 Å². The highest BCUT2D eigenvalue weighted by Crippen LogP contribution is 2.36. The number of hydrogen-bond acceptors (Lipinski definition) is 3. The van der Waals surface area contributed by atoms with E-state index in [0.717, 1.165) is 4.90 Å². The van der Waals surface area contributed by atoms with E-state index in [-0.39, 0.29) is 6.42 Å². The molecule has 0 aromatic carbocycles. The van der Waals surface area contributed by atoms with Crippen LogP contribution in [0.4, 0.5) is 4.79 Å². The van der Waals surface area contributed by atoms with Gasteiger partial charge in [-0.05, 0) is 13.3 Å². The predicted octanol–water partition coefficient (Wildman–Crippen LogP) is 1.31. The van der Waals surface area contributed by atoms with Crippen molar-refractivity contribution in [2.45, 2.75) is 26.7 Å². The number of hydrogen-bond donors (Lipinski definition) is 1. The highest BCUT2D eigenvalue weighted by atomic mass is 16.2. The quantitative estimate of drug-likeness (QED) is 0.473. The zero-order chi connectivity index (χ0) is 14.6. The largest absolute Gasteiger partial charge is 0.330 e. The summed E-state index contributed by atoms with van der Waals surface area (Å²) in [5.41, 5.74) is -1.37. The Morgan fingerprint density at radius 1 is 1.47 bits per heavy atom. The summed E-state index contributed by atoms with van der Waals surface area (Å²) < 4.78 is 0. The molecule has 0 aliphatic carbocycles. The van der Waals surface area contributed by atoms with Crippen molar-refractivity contribution in [3.8, 4) is 11.8 Å². The third kappa shape index (κ3) is 2.39. The number of carbonyl (C=O) groups excluding carboxylic acids is 3. The topological polar surface area (TPSA) is 66.5 Å². The maximum absolute atomic E-state index is 12.4. The second-order valence-electron chi connectivity index (χ2n) is 4.48. The van der Waals surface area contributed by atoms with Crippen molar-refractivity contribution >= 4 is 17.8 Å². The van der Waals surface area contributed by atoms with E-state index in [1.807, 2.05) is 6.92 Å². The molecule has 1 N–H and O–H groups in total. The molecule has 1 fully saturated rings. The Morgan fingerprint density at radius 2 is 2.11 bits per heavy atom. The van der Waals surface area contributed by atoms with Crippen LogP contribution in [0, 0.1) is 23.2 Å². The second-order valence-corrected chi connectivity index (χ2v) is 4.48. The first-order valence-electron chi connectivity index (χ1n) is 6.14. The Kier molecular flexibility index (Phi) is 4.49. The molecule has 4 amide bonds. The van der Waals surface area contributed by atoms with E-state index in [1.165, 1.54) is 13.1 Å². The van der Waals surface area contributed by atoms with Crippen LogP contribution in [0.15, 0.2) is 12.7 Å². The first-order valence-corrected chi connectivity index (χ1v) is 6.14. The number of carbonyl (C=O) groups is 3. The van der Waals surface area contributed by atoms with Crippen LogP contribution in [0.25, 0.3) is 0 Å². The molecule has 1 unspecified atom stereocenters. The fourth-order valence-electron chi connectivity index (χ4n) is 2.13. The zero-order valence-electron chi connectivity index (χ0n) is 11.4. The van der Waals surface area contributed by atoms with Crippen LogP contribution in [0.5, 0.6) is 0 Å². The summed E-state index contributed by atoms with van der Waals surface area (Å²) in [6.07, 6.45) is 2.29. The van der Waals surface area contributed by atoms with Gasteiger partial charge in [0.1, 0.15) is 5.41 Å². The molecular weight excluding hydrogens is 244 g/mol. The van der Waals surface area contributed by atoms with Crippen LogP contribution < -0.4 is 5.32 Å². The highest BCUT2D eigenvalue weighted by Gasteiger charge is 2.55. The zero-order valence-corrected chi connectivity index (χ0v) is 11.4. The molecule has 5 nitrogen and oxygen atoms in total. The van der Waals surface area contributed by atoms with Gasteiger partial charge in [-0.2, -0.15) is 0 Å². The number of allylic oxidation sites excluding steroid dienone is 1. The van der Waals surface area contributed by atoms with E-state index in [9.17, 15) is 14.4 Å². The van der Waals surface area contributed by atoms with Crippen molar-refractivity contribution in [1.82, 2.24) is 10.2 Å². The van der Waals surface area contributed by atoms with E-state index < -0.39 is 29.2 Å². The molecule has 0 saturated carbocycles. The van der Waals surface area contributed by atoms with Gasteiger partial charge in [0.05, 0.1) is 0 Å². The van der Waals surface area contributed by atoms with Crippen molar-refractivity contribution in [2.24, 2.45) is 11.3 Å². The molecule has 0 spiro atoms. The van der Waals surface area contributed by atoms with Gasteiger partial charge >= 0.3 is 6.03 Å². The van der Waals surface area contributed by atoms with E-state index in [1.54, 1.807) is 6.92 Å². The molecule has 1 aliphatic heterocycles. The average molecular weight is 262 g/mol. The predicted molar refractivity (Wildman–Crippen MR) is 70.8 cm³/mol. The first kappa shape index (κ1) is 15.0. The molecule has 1 saturated heterocycles. The van der Waals surface area contributed by atoms with E-state index >= 15 is 0 Å². The lowest BCUT2D eigenvalue weighted by Crippen LogP contribution is -2.64. The molecule has 5 heteroatoms. The van der Waals surface area contributed by atoms with Gasteiger partial charge in [0.2, 0.25) is 11.8 Å². The minimum atomic E-state index is -1.37. The Labute approximate surface area is 113 Å². The van der Waals surface area contributed by atoms with Gasteiger partial charge in [0.25, 0.3) is 0 Å². The smallest absolute Gasteiger partial charge is 0.277 e. The summed E-state index contributed by atoms with van der Waals surface area (Å²) in [5.74, 6) is 4.16. The number of imide groups is 2. The van der Waals surface area contributed by atoms with Crippen LogP contribution in [0.2, 0.25) is 0 Å². The van der Waals surface area contributed by atoms with Gasteiger partial charge in [-0.3, -0.25) is 19.8 Å². The van der Waals surface area contributed by atoms with Crippen LogP contribution >= 0.6 is 0 Å². The maximum Gasteiger partial charge on any atom is 0.330 e. The lowest BCUT2D eigenvalue weighted by molar-refractivity contribution is -0.152. The number of nitrogens with one attached hydrogen (secondary N) is 1. The van der Waals surface area contributed by atoms with Crippen LogP contribution in [0.3, 0.4) is 0 Å². The summed E-state index contributed by atoms with van der Waals surface area (Å²) >= 11 is 0. The Bertz CT molecular complexity index is 487. The van der Waals surface area contributed by atoms with Gasteiger partial charge in [-0.1, -0.05) is 18.9 Å². The molecule has 102 valence electrons. The number of nitrogens with zero attached hydrogens (tertiary/aromatic N) is 1. The molecule has 1 heterocycles. The number of barbiturate groups is 1. The Morgan fingerprint density at radius 3 is 2.63 bits per heavy atom. The van der Waals surface area contributed by atoms with Gasteiger partial charge in [0, 0.05) is 19.4 Å². The molecule has 0 bridgehead atoms. The summed E-state index contributed by atoms with van der Waals surface area (Å²) in [5, 5.41) is 2.20. The molecule has 0 aromatic rings. The molecule has 0 aromatic heterocycles. The summed E-state index contributed by atoms with van der Waals surface area (Å²) in [6.45, 7) is 7.19. The van der Waals surface area contributed by atoms with Crippen molar-refractivity contribution in [2.75, 3.05) is 7.05 Å². The fraction of sp³-hybridized carbons (Fsp3) is 0.500. The van der Waals surface area contributed by atoms with E-state index in [0.29, 0.717) is 6.42 Å². The standard InChI is InChI=1S/C14H18N2O3/c1-5-7-8-10(3)14(9-6-2)11(17)15-13(19)16(4)12(14)18/h6,10H,2,5,9H2,1,3-4H3,(H,15,17,19)/t10-,14?/m0/s1. The normalized spacial score (nSPS) is 24.4. The second kappa shape index (κ2) is 5.70. The summed E-state index contributed by atoms with van der Waals surface area (Å²) in [4.78, 5) is 37.0. The minimum Gasteiger partial charge on any atom is -0.277 e. The van der Waals surface area contributed by atoms with Crippen LogP contribution in [0.1, 0.15) is 26.7 Å². The maximum atomic E-state index is 12.4. The lowest BCUT2D eigenvalue weighted by atomic mass is 9.71. The van der Waals surface area contributed by atoms with Crippen molar-refractivity contribution < 1.29 is 14.4 Å². The van der Waals surface area contributed by atoms with E-state index in [2.05, 4.69) is 23.7 Å². The van der Waals surface area contributed by atoms with Gasteiger partial charge in [0.15, 0.2) is 0 Å². The SMILES string of the molecule is C=CCC1([C@@H](C)C#CCC)C(=O)NC(=O)N(C)C1=O. The van der Waals surface area contributed by atoms with Crippen molar-refractivity contribution in [3.63, 3.8) is 0 Å². The Balaban J connectivity index is 3.30. The van der Waals surface area contributed by atoms with Crippen molar-refractivity contribution in [1.29, 1.82) is 0 Å². The number of urea groups is 1. The van der Waals surface area contributed by atoms with Gasteiger partial charge in [-0.15, -0.1) is 12.5 Å². The molecule has 1 aliphatic rings. The molecular formula is C14H18N2O3. The van der Waals surface area contributed by atoms with Gasteiger partial charge < -0.3 is 0 Å². The monoisotopic (exact) mass is 262 g/mol. The number of rotatable bonds is 3.